The SMILES string of the molecule is CCOc1cc(NC(=O)c2cccc(Cl)c2)c(OCC)cc1NC(=O)COc1ccccc1. The summed E-state index contributed by atoms with van der Waals surface area (Å²) >= 11 is 6.00. The summed E-state index contributed by atoms with van der Waals surface area (Å²) in [4.78, 5) is 25.2. The first kappa shape index (κ1) is 23.9. The Kier molecular flexibility index (Phi) is 8.55. The summed E-state index contributed by atoms with van der Waals surface area (Å²) in [6, 6.07) is 18.9. The molecule has 0 aliphatic rings. The van der Waals surface area contributed by atoms with Crippen LogP contribution in [0.25, 0.3) is 0 Å². The van der Waals surface area contributed by atoms with E-state index in [0.29, 0.717) is 52.4 Å². The van der Waals surface area contributed by atoms with Gasteiger partial charge in [-0.15, -0.1) is 0 Å². The lowest BCUT2D eigenvalue weighted by Crippen LogP contribution is -2.21. The number of ether oxygens (including phenoxy) is 3. The summed E-state index contributed by atoms with van der Waals surface area (Å²) in [6.07, 6.45) is 0. The van der Waals surface area contributed by atoms with E-state index in [1.54, 1.807) is 48.5 Å². The number of halogens is 1. The predicted octanol–water partition coefficient (Wildman–Crippen LogP) is 5.41. The van der Waals surface area contributed by atoms with Crippen molar-refractivity contribution in [2.75, 3.05) is 30.5 Å². The smallest absolute Gasteiger partial charge is 0.262 e. The molecule has 8 heteroatoms. The number of rotatable bonds is 10. The summed E-state index contributed by atoms with van der Waals surface area (Å²) in [5.41, 5.74) is 1.21. The third-order valence-corrected chi connectivity index (χ3v) is 4.64. The van der Waals surface area contributed by atoms with E-state index in [9.17, 15) is 9.59 Å². The van der Waals surface area contributed by atoms with E-state index < -0.39 is 0 Å². The largest absolute Gasteiger partial charge is 0.492 e. The highest BCUT2D eigenvalue weighted by Gasteiger charge is 2.17. The Labute approximate surface area is 197 Å². The third kappa shape index (κ3) is 6.89. The van der Waals surface area contributed by atoms with Crippen molar-refractivity contribution < 1.29 is 23.8 Å². The highest BCUT2D eigenvalue weighted by atomic mass is 35.5. The topological polar surface area (TPSA) is 85.9 Å². The third-order valence-electron chi connectivity index (χ3n) is 4.40. The summed E-state index contributed by atoms with van der Waals surface area (Å²) in [7, 11) is 0. The van der Waals surface area contributed by atoms with Crippen LogP contribution in [-0.4, -0.2) is 31.6 Å². The molecule has 0 fully saturated rings. The lowest BCUT2D eigenvalue weighted by molar-refractivity contribution is -0.118. The second kappa shape index (κ2) is 11.8. The quantitative estimate of drug-likeness (QED) is 0.415. The van der Waals surface area contributed by atoms with Crippen LogP contribution in [0.3, 0.4) is 0 Å². The Balaban J connectivity index is 1.81. The first-order chi connectivity index (χ1) is 16.0. The van der Waals surface area contributed by atoms with Crippen molar-refractivity contribution in [1.29, 1.82) is 0 Å². The zero-order valence-electron chi connectivity index (χ0n) is 18.4. The molecule has 2 amide bonds. The van der Waals surface area contributed by atoms with Crippen LogP contribution in [0.2, 0.25) is 5.02 Å². The Morgan fingerprint density at radius 1 is 0.788 bits per heavy atom. The normalized spacial score (nSPS) is 10.3. The molecular weight excluding hydrogens is 444 g/mol. The van der Waals surface area contributed by atoms with Crippen molar-refractivity contribution in [2.24, 2.45) is 0 Å². The first-order valence-electron chi connectivity index (χ1n) is 10.5. The highest BCUT2D eigenvalue weighted by molar-refractivity contribution is 6.31. The number of anilines is 2. The number of carbonyl (C=O) groups is 2. The molecule has 3 aromatic carbocycles. The number of amides is 2. The highest BCUT2D eigenvalue weighted by Crippen LogP contribution is 2.37. The molecule has 0 aromatic heterocycles. The van der Waals surface area contributed by atoms with Gasteiger partial charge >= 0.3 is 0 Å². The molecule has 0 saturated carbocycles. The molecule has 0 atom stereocenters. The van der Waals surface area contributed by atoms with Gasteiger partial charge in [0.05, 0.1) is 24.6 Å². The van der Waals surface area contributed by atoms with Crippen LogP contribution < -0.4 is 24.8 Å². The first-order valence-corrected chi connectivity index (χ1v) is 10.9. The number of hydrogen-bond acceptors (Lipinski definition) is 5. The van der Waals surface area contributed by atoms with Crippen molar-refractivity contribution in [2.45, 2.75) is 13.8 Å². The minimum atomic E-state index is -0.363. The van der Waals surface area contributed by atoms with Gasteiger partial charge in [-0.3, -0.25) is 9.59 Å². The molecule has 0 unspecified atom stereocenters. The molecular formula is C25H25ClN2O5. The van der Waals surface area contributed by atoms with E-state index in [1.807, 2.05) is 32.0 Å². The fourth-order valence-corrected chi connectivity index (χ4v) is 3.17. The fourth-order valence-electron chi connectivity index (χ4n) is 2.98. The number of para-hydroxylation sites is 1. The summed E-state index contributed by atoms with van der Waals surface area (Å²) in [6.45, 7) is 4.19. The van der Waals surface area contributed by atoms with Crippen LogP contribution in [0.5, 0.6) is 17.2 Å². The Morgan fingerprint density at radius 2 is 1.42 bits per heavy atom. The monoisotopic (exact) mass is 468 g/mol. The van der Waals surface area contributed by atoms with E-state index in [1.165, 1.54) is 0 Å². The molecule has 0 bridgehead atoms. The van der Waals surface area contributed by atoms with Crippen LogP contribution >= 0.6 is 11.6 Å². The molecule has 0 spiro atoms. The van der Waals surface area contributed by atoms with Crippen LogP contribution in [-0.2, 0) is 4.79 Å². The van der Waals surface area contributed by atoms with Gasteiger partial charge in [0, 0.05) is 22.7 Å². The van der Waals surface area contributed by atoms with E-state index in [2.05, 4.69) is 10.6 Å². The van der Waals surface area contributed by atoms with Crippen LogP contribution in [0.4, 0.5) is 11.4 Å². The van der Waals surface area contributed by atoms with Gasteiger partial charge in [-0.25, -0.2) is 0 Å². The van der Waals surface area contributed by atoms with Crippen molar-refractivity contribution >= 4 is 34.8 Å². The average Bonchev–Trinajstić information content (AvgIpc) is 2.81. The second-order valence-electron chi connectivity index (χ2n) is 6.82. The van der Waals surface area contributed by atoms with Gasteiger partial charge < -0.3 is 24.8 Å². The van der Waals surface area contributed by atoms with Crippen molar-refractivity contribution in [3.05, 3.63) is 77.3 Å². The average molecular weight is 469 g/mol. The number of carbonyl (C=O) groups excluding carboxylic acids is 2. The van der Waals surface area contributed by atoms with Gasteiger partial charge in [0.2, 0.25) is 0 Å². The van der Waals surface area contributed by atoms with Gasteiger partial charge in [-0.2, -0.15) is 0 Å². The van der Waals surface area contributed by atoms with Crippen molar-refractivity contribution in [1.82, 2.24) is 0 Å². The van der Waals surface area contributed by atoms with Crippen molar-refractivity contribution in [3.63, 3.8) is 0 Å². The summed E-state index contributed by atoms with van der Waals surface area (Å²) in [5.74, 6) is 0.643. The summed E-state index contributed by atoms with van der Waals surface area (Å²) < 4.78 is 16.9. The number of benzene rings is 3. The van der Waals surface area contributed by atoms with E-state index in [-0.39, 0.29) is 18.4 Å². The van der Waals surface area contributed by atoms with E-state index in [4.69, 9.17) is 25.8 Å². The summed E-state index contributed by atoms with van der Waals surface area (Å²) in [5, 5.41) is 6.07. The van der Waals surface area contributed by atoms with E-state index in [0.717, 1.165) is 0 Å². The molecule has 3 rings (SSSR count). The lowest BCUT2D eigenvalue weighted by Gasteiger charge is -2.18. The molecule has 0 radical (unpaired) electrons. The van der Waals surface area contributed by atoms with E-state index >= 15 is 0 Å². The molecule has 0 aliphatic carbocycles. The molecule has 7 nitrogen and oxygen atoms in total. The van der Waals surface area contributed by atoms with Gasteiger partial charge in [-0.05, 0) is 44.2 Å². The maximum Gasteiger partial charge on any atom is 0.262 e. The van der Waals surface area contributed by atoms with Gasteiger partial charge in [-0.1, -0.05) is 35.9 Å². The molecule has 0 aliphatic heterocycles. The predicted molar refractivity (Wildman–Crippen MR) is 129 cm³/mol. The fraction of sp³-hybridized carbons (Fsp3) is 0.200. The van der Waals surface area contributed by atoms with Crippen LogP contribution in [0.1, 0.15) is 24.2 Å². The maximum atomic E-state index is 12.7. The molecule has 172 valence electrons. The van der Waals surface area contributed by atoms with Crippen LogP contribution in [0, 0.1) is 0 Å². The molecule has 3 aromatic rings. The Morgan fingerprint density at radius 3 is 2.03 bits per heavy atom. The molecule has 2 N–H and O–H groups in total. The lowest BCUT2D eigenvalue weighted by atomic mass is 10.2. The second-order valence-corrected chi connectivity index (χ2v) is 7.26. The maximum absolute atomic E-state index is 12.7. The minimum absolute atomic E-state index is 0.174. The standard InChI is InChI=1S/C25H25ClN2O5/c1-3-31-22-15-21(28-25(30)17-9-8-10-18(26)13-17)23(32-4-2)14-20(22)27-24(29)16-33-19-11-6-5-7-12-19/h5-15H,3-4,16H2,1-2H3,(H,27,29)(H,28,30). The molecule has 33 heavy (non-hydrogen) atoms. The zero-order chi connectivity index (χ0) is 23.6. The molecule has 0 saturated heterocycles. The van der Waals surface area contributed by atoms with Gasteiger partial charge in [0.25, 0.3) is 11.8 Å². The minimum Gasteiger partial charge on any atom is -0.492 e. The number of hydrogen-bond donors (Lipinski definition) is 2. The van der Waals surface area contributed by atoms with Gasteiger partial charge in [0.15, 0.2) is 6.61 Å². The molecule has 0 heterocycles. The van der Waals surface area contributed by atoms with Gasteiger partial charge in [0.1, 0.15) is 17.2 Å². The Bertz CT molecular complexity index is 1110. The zero-order valence-corrected chi connectivity index (χ0v) is 19.1. The van der Waals surface area contributed by atoms with Crippen LogP contribution in [0.15, 0.2) is 66.7 Å². The number of nitrogens with one attached hydrogen (secondary N) is 2. The van der Waals surface area contributed by atoms with Crippen molar-refractivity contribution in [3.8, 4) is 17.2 Å². The Hall–Kier alpha value is -3.71.